The summed E-state index contributed by atoms with van der Waals surface area (Å²) in [5.74, 6) is 2.33. The zero-order valence-electron chi connectivity index (χ0n) is 10.1. The molecule has 0 spiro atoms. The van der Waals surface area contributed by atoms with E-state index in [9.17, 15) is 0 Å². The molecule has 0 radical (unpaired) electrons. The van der Waals surface area contributed by atoms with Crippen LogP contribution in [0.4, 0.5) is 0 Å². The second-order valence-electron chi connectivity index (χ2n) is 3.74. The molecule has 0 amide bonds. The van der Waals surface area contributed by atoms with E-state index in [-0.39, 0.29) is 0 Å². The molecule has 0 heterocycles. The van der Waals surface area contributed by atoms with Gasteiger partial charge in [0.1, 0.15) is 0 Å². The van der Waals surface area contributed by atoms with Gasteiger partial charge in [0.05, 0.1) is 0 Å². The second kappa shape index (κ2) is 8.59. The average molecular weight is 184 g/mol. The molecule has 80 valence electrons. The summed E-state index contributed by atoms with van der Waals surface area (Å²) in [6.07, 6.45) is 10.8. The number of fused-ring (bicyclic) bond motifs is 1. The third-order valence-electron chi connectivity index (χ3n) is 3.22. The quantitative estimate of drug-likeness (QED) is 0.495. The second-order valence-corrected chi connectivity index (χ2v) is 3.74. The van der Waals surface area contributed by atoms with Crippen LogP contribution in [0, 0.1) is 11.8 Å². The third kappa shape index (κ3) is 4.15. The van der Waals surface area contributed by atoms with E-state index in [0.29, 0.717) is 0 Å². The van der Waals surface area contributed by atoms with E-state index in [1.807, 2.05) is 27.7 Å². The zero-order valence-corrected chi connectivity index (χ0v) is 10.1. The van der Waals surface area contributed by atoms with Gasteiger partial charge < -0.3 is 0 Å². The lowest BCUT2D eigenvalue weighted by atomic mass is 9.82. The molecule has 0 saturated heterocycles. The van der Waals surface area contributed by atoms with Crippen LogP contribution in [0.25, 0.3) is 0 Å². The highest BCUT2D eigenvalue weighted by atomic mass is 14.3. The molecule has 13 heavy (non-hydrogen) atoms. The molecule has 0 heteroatoms. The Morgan fingerprint density at radius 3 is 1.23 bits per heavy atom. The van der Waals surface area contributed by atoms with E-state index in [1.165, 1.54) is 31.1 Å². The van der Waals surface area contributed by atoms with Crippen molar-refractivity contribution < 1.29 is 0 Å². The summed E-state index contributed by atoms with van der Waals surface area (Å²) in [6.45, 7) is 8.00. The van der Waals surface area contributed by atoms with Crippen molar-refractivity contribution in [1.82, 2.24) is 0 Å². The maximum atomic E-state index is 2.00. The van der Waals surface area contributed by atoms with Gasteiger partial charge in [-0.15, -0.1) is 0 Å². The molecule has 0 aromatic heterocycles. The van der Waals surface area contributed by atoms with E-state index in [4.69, 9.17) is 0 Å². The van der Waals surface area contributed by atoms with Crippen LogP contribution in [0.2, 0.25) is 0 Å². The van der Waals surface area contributed by atoms with Crippen molar-refractivity contribution in [1.29, 1.82) is 0 Å². The van der Waals surface area contributed by atoms with E-state index >= 15 is 0 Å². The molecule has 0 aliphatic heterocycles. The average Bonchev–Trinajstić information content (AvgIpc) is 2.71. The lowest BCUT2D eigenvalue weighted by molar-refractivity contribution is 0.277. The van der Waals surface area contributed by atoms with E-state index in [1.54, 1.807) is 25.7 Å². The highest BCUT2D eigenvalue weighted by molar-refractivity contribution is 4.80. The molecule has 2 fully saturated rings. The highest BCUT2D eigenvalue weighted by Crippen LogP contribution is 2.41. The minimum atomic E-state index is 1.17. The van der Waals surface area contributed by atoms with Crippen LogP contribution >= 0.6 is 0 Å². The predicted molar refractivity (Wildman–Crippen MR) is 62.0 cm³/mol. The van der Waals surface area contributed by atoms with Gasteiger partial charge in [-0.1, -0.05) is 72.6 Å². The summed E-state index contributed by atoms with van der Waals surface area (Å²) in [5.41, 5.74) is 0. The lowest BCUT2D eigenvalue weighted by Crippen LogP contribution is -2.12. The first-order chi connectivity index (χ1) is 6.47. The van der Waals surface area contributed by atoms with Gasteiger partial charge in [-0.3, -0.25) is 0 Å². The summed E-state index contributed by atoms with van der Waals surface area (Å²) < 4.78 is 0. The van der Waals surface area contributed by atoms with Crippen LogP contribution in [0.1, 0.15) is 72.6 Å². The largest absolute Gasteiger partial charge is 0.0683 e. The van der Waals surface area contributed by atoms with E-state index < -0.39 is 0 Å². The van der Waals surface area contributed by atoms with Crippen molar-refractivity contribution in [3.05, 3.63) is 0 Å². The van der Waals surface area contributed by atoms with Gasteiger partial charge >= 0.3 is 0 Å². The van der Waals surface area contributed by atoms with Crippen LogP contribution in [-0.2, 0) is 0 Å². The molecule has 0 nitrogen and oxygen atoms in total. The zero-order chi connectivity index (χ0) is 10.1. The molecule has 2 saturated carbocycles. The summed E-state index contributed by atoms with van der Waals surface area (Å²) in [6, 6.07) is 0. The maximum Gasteiger partial charge on any atom is -0.0386 e. The number of hydrogen-bond donors (Lipinski definition) is 0. The van der Waals surface area contributed by atoms with Crippen LogP contribution in [-0.4, -0.2) is 0 Å². The Morgan fingerprint density at radius 1 is 0.538 bits per heavy atom. The van der Waals surface area contributed by atoms with Crippen molar-refractivity contribution in [2.75, 3.05) is 0 Å². The van der Waals surface area contributed by atoms with Crippen LogP contribution < -0.4 is 0 Å². The van der Waals surface area contributed by atoms with Gasteiger partial charge in [0, 0.05) is 0 Å². The molecule has 0 aromatic carbocycles. The van der Waals surface area contributed by atoms with Gasteiger partial charge in [-0.25, -0.2) is 0 Å². The SMILES string of the molecule is C1CC[C@@H]2CCCC2C1.CC.CC. The first-order valence-corrected chi connectivity index (χ1v) is 6.47. The normalized spacial score (nSPS) is 30.5. The number of rotatable bonds is 0. The van der Waals surface area contributed by atoms with Crippen LogP contribution in [0.5, 0.6) is 0 Å². The third-order valence-corrected chi connectivity index (χ3v) is 3.22. The Labute approximate surface area is 85.1 Å². The molecule has 2 rings (SSSR count). The fourth-order valence-electron chi connectivity index (χ4n) is 2.69. The summed E-state index contributed by atoms with van der Waals surface area (Å²) in [7, 11) is 0. The summed E-state index contributed by atoms with van der Waals surface area (Å²) in [5, 5.41) is 0. The molecular weight excluding hydrogens is 156 g/mol. The van der Waals surface area contributed by atoms with Gasteiger partial charge in [0.15, 0.2) is 0 Å². The van der Waals surface area contributed by atoms with Crippen molar-refractivity contribution in [2.24, 2.45) is 11.8 Å². The number of hydrogen-bond acceptors (Lipinski definition) is 0. The molecular formula is C13H28. The van der Waals surface area contributed by atoms with Crippen LogP contribution in [0.15, 0.2) is 0 Å². The molecule has 2 atom stereocenters. The van der Waals surface area contributed by atoms with Crippen molar-refractivity contribution in [3.63, 3.8) is 0 Å². The van der Waals surface area contributed by atoms with Gasteiger partial charge in [0.2, 0.25) is 0 Å². The Bertz CT molecular complexity index is 84.2. The van der Waals surface area contributed by atoms with E-state index in [0.717, 1.165) is 0 Å². The van der Waals surface area contributed by atoms with Crippen molar-refractivity contribution in [2.45, 2.75) is 72.6 Å². The van der Waals surface area contributed by atoms with Crippen LogP contribution in [0.3, 0.4) is 0 Å². The molecule has 0 aromatic rings. The molecule has 2 aliphatic rings. The van der Waals surface area contributed by atoms with Crippen molar-refractivity contribution in [3.8, 4) is 0 Å². The van der Waals surface area contributed by atoms with Crippen molar-refractivity contribution >= 4 is 0 Å². The lowest BCUT2D eigenvalue weighted by Gasteiger charge is -2.24. The first kappa shape index (κ1) is 13.0. The summed E-state index contributed by atoms with van der Waals surface area (Å²) >= 11 is 0. The fourth-order valence-corrected chi connectivity index (χ4v) is 2.69. The monoisotopic (exact) mass is 184 g/mol. The first-order valence-electron chi connectivity index (χ1n) is 6.47. The minimum Gasteiger partial charge on any atom is -0.0683 e. The van der Waals surface area contributed by atoms with Gasteiger partial charge in [-0.05, 0) is 11.8 Å². The fraction of sp³-hybridized carbons (Fsp3) is 1.00. The highest BCUT2D eigenvalue weighted by Gasteiger charge is 2.28. The van der Waals surface area contributed by atoms with Gasteiger partial charge in [0.25, 0.3) is 0 Å². The van der Waals surface area contributed by atoms with E-state index in [2.05, 4.69) is 0 Å². The summed E-state index contributed by atoms with van der Waals surface area (Å²) in [4.78, 5) is 0. The Morgan fingerprint density at radius 2 is 0.846 bits per heavy atom. The minimum absolute atomic E-state index is 1.17. The maximum absolute atomic E-state index is 2.00. The molecule has 0 bridgehead atoms. The predicted octanol–water partition coefficient (Wildman–Crippen LogP) is 5.03. The Kier molecular flexibility index (Phi) is 8.59. The van der Waals surface area contributed by atoms with Gasteiger partial charge in [-0.2, -0.15) is 0 Å². The topological polar surface area (TPSA) is 0 Å². The molecule has 2 aliphatic carbocycles. The Balaban J connectivity index is 0.000000322. The molecule has 0 N–H and O–H groups in total. The smallest absolute Gasteiger partial charge is 0.0386 e. The molecule has 1 unspecified atom stereocenters. The Hall–Kier alpha value is 0. The standard InChI is InChI=1S/C9H16.2C2H6/c1-2-5-9-7-3-6-8(9)4-1;2*1-2/h8-9H,1-7H2;2*1-2H3/t8-,9?;;/m1../s1.